The fraction of sp³-hybridized carbons (Fsp3) is 0.238. The number of benzene rings is 2. The number of hydrogen-bond donors (Lipinski definition) is 2. The fourth-order valence-corrected chi connectivity index (χ4v) is 2.69. The first-order valence-electron chi connectivity index (χ1n) is 8.84. The van der Waals surface area contributed by atoms with Gasteiger partial charge in [0.15, 0.2) is 11.5 Å². The van der Waals surface area contributed by atoms with Crippen molar-refractivity contribution >= 4 is 11.8 Å². The minimum Gasteiger partial charge on any atom is -0.493 e. The number of ether oxygens (including phenoxy) is 2. The van der Waals surface area contributed by atoms with Gasteiger partial charge in [0.05, 0.1) is 14.2 Å². The first-order valence-corrected chi connectivity index (χ1v) is 8.84. The summed E-state index contributed by atoms with van der Waals surface area (Å²) in [6, 6.07) is 18.1. The number of nitrogens with zero attached hydrogens (tertiary/aromatic N) is 2. The molecule has 0 bridgehead atoms. The predicted octanol–water partition coefficient (Wildman–Crippen LogP) is 3.76. The van der Waals surface area contributed by atoms with E-state index in [1.807, 2.05) is 30.3 Å². The summed E-state index contributed by atoms with van der Waals surface area (Å²) in [7, 11) is 3.25. The largest absolute Gasteiger partial charge is 0.493 e. The highest BCUT2D eigenvalue weighted by molar-refractivity contribution is 5.44. The molecule has 0 saturated carbocycles. The van der Waals surface area contributed by atoms with Crippen LogP contribution < -0.4 is 20.1 Å². The summed E-state index contributed by atoms with van der Waals surface area (Å²) in [6.07, 6.45) is 2.69. The molecule has 0 atom stereocenters. The zero-order valence-corrected chi connectivity index (χ0v) is 15.6. The molecule has 0 saturated heterocycles. The SMILES string of the molecule is COc1ccc(CNc2nccc(NCCc3ccccc3)n2)cc1OC. The quantitative estimate of drug-likeness (QED) is 0.603. The van der Waals surface area contributed by atoms with Gasteiger partial charge in [0, 0.05) is 19.3 Å². The van der Waals surface area contributed by atoms with Crippen molar-refractivity contribution in [2.45, 2.75) is 13.0 Å². The summed E-state index contributed by atoms with van der Waals surface area (Å²) in [5.74, 6) is 2.79. The van der Waals surface area contributed by atoms with E-state index in [9.17, 15) is 0 Å². The summed E-state index contributed by atoms with van der Waals surface area (Å²) in [6.45, 7) is 1.41. The van der Waals surface area contributed by atoms with Crippen molar-refractivity contribution in [1.29, 1.82) is 0 Å². The van der Waals surface area contributed by atoms with E-state index < -0.39 is 0 Å². The molecule has 0 aliphatic rings. The number of methoxy groups -OCH3 is 2. The van der Waals surface area contributed by atoms with Crippen LogP contribution in [0.1, 0.15) is 11.1 Å². The van der Waals surface area contributed by atoms with Gasteiger partial charge < -0.3 is 20.1 Å². The molecule has 0 aliphatic heterocycles. The molecule has 1 aromatic heterocycles. The van der Waals surface area contributed by atoms with E-state index in [1.165, 1.54) is 5.56 Å². The average Bonchev–Trinajstić information content (AvgIpc) is 2.73. The van der Waals surface area contributed by atoms with Crippen LogP contribution in [0.3, 0.4) is 0 Å². The molecule has 3 aromatic rings. The molecule has 2 N–H and O–H groups in total. The van der Waals surface area contributed by atoms with Crippen molar-refractivity contribution in [2.24, 2.45) is 0 Å². The Hall–Kier alpha value is -3.28. The minimum atomic E-state index is 0.578. The van der Waals surface area contributed by atoms with Gasteiger partial charge in [0.2, 0.25) is 5.95 Å². The number of hydrogen-bond acceptors (Lipinski definition) is 6. The van der Waals surface area contributed by atoms with Crippen LogP contribution in [0.2, 0.25) is 0 Å². The van der Waals surface area contributed by atoms with Crippen molar-refractivity contribution < 1.29 is 9.47 Å². The first-order chi connectivity index (χ1) is 13.3. The Morgan fingerprint density at radius 2 is 1.67 bits per heavy atom. The highest BCUT2D eigenvalue weighted by atomic mass is 16.5. The van der Waals surface area contributed by atoms with Gasteiger partial charge in [-0.05, 0) is 35.7 Å². The molecule has 0 spiro atoms. The van der Waals surface area contributed by atoms with Gasteiger partial charge >= 0.3 is 0 Å². The van der Waals surface area contributed by atoms with Crippen LogP contribution in [0.5, 0.6) is 11.5 Å². The molecule has 0 radical (unpaired) electrons. The second-order valence-electron chi connectivity index (χ2n) is 5.97. The van der Waals surface area contributed by atoms with Gasteiger partial charge in [-0.25, -0.2) is 4.98 Å². The lowest BCUT2D eigenvalue weighted by molar-refractivity contribution is 0.354. The van der Waals surface area contributed by atoms with Crippen LogP contribution in [-0.4, -0.2) is 30.7 Å². The zero-order valence-electron chi connectivity index (χ0n) is 15.6. The van der Waals surface area contributed by atoms with Gasteiger partial charge in [0.25, 0.3) is 0 Å². The van der Waals surface area contributed by atoms with Gasteiger partial charge in [-0.2, -0.15) is 4.98 Å². The number of nitrogens with one attached hydrogen (secondary N) is 2. The Balaban J connectivity index is 1.54. The lowest BCUT2D eigenvalue weighted by Gasteiger charge is -2.11. The summed E-state index contributed by atoms with van der Waals surface area (Å²) in [5.41, 5.74) is 2.35. The normalized spacial score (nSPS) is 10.3. The smallest absolute Gasteiger partial charge is 0.224 e. The first kappa shape index (κ1) is 18.5. The molecule has 140 valence electrons. The van der Waals surface area contributed by atoms with Crippen molar-refractivity contribution in [3.05, 3.63) is 71.9 Å². The molecule has 3 rings (SSSR count). The van der Waals surface area contributed by atoms with Gasteiger partial charge in [-0.15, -0.1) is 0 Å². The van der Waals surface area contributed by atoms with Crippen molar-refractivity contribution in [3.63, 3.8) is 0 Å². The second-order valence-corrected chi connectivity index (χ2v) is 5.97. The predicted molar refractivity (Wildman–Crippen MR) is 108 cm³/mol. The standard InChI is InChI=1S/C21H24N4O2/c1-26-18-9-8-17(14-19(18)27-2)15-24-21-23-13-11-20(25-21)22-12-10-16-6-4-3-5-7-16/h3-9,11,13-14H,10,12,15H2,1-2H3,(H2,22,23,24,25). The van der Waals surface area contributed by atoms with Crippen molar-refractivity contribution in [2.75, 3.05) is 31.4 Å². The van der Waals surface area contributed by atoms with Crippen molar-refractivity contribution in [3.8, 4) is 11.5 Å². The zero-order chi connectivity index (χ0) is 18.9. The lowest BCUT2D eigenvalue weighted by atomic mass is 10.1. The lowest BCUT2D eigenvalue weighted by Crippen LogP contribution is -2.09. The molecule has 6 nitrogen and oxygen atoms in total. The molecule has 1 heterocycles. The molecule has 0 fully saturated rings. The maximum absolute atomic E-state index is 5.33. The Bertz CT molecular complexity index is 856. The van der Waals surface area contributed by atoms with E-state index in [-0.39, 0.29) is 0 Å². The summed E-state index contributed by atoms with van der Waals surface area (Å²) in [5, 5.41) is 6.58. The van der Waals surface area contributed by atoms with Crippen LogP contribution in [0.4, 0.5) is 11.8 Å². The number of anilines is 2. The Morgan fingerprint density at radius 3 is 2.44 bits per heavy atom. The van der Waals surface area contributed by atoms with Crippen LogP contribution in [-0.2, 0) is 13.0 Å². The fourth-order valence-electron chi connectivity index (χ4n) is 2.69. The van der Waals surface area contributed by atoms with Gasteiger partial charge in [-0.3, -0.25) is 0 Å². The number of aromatic nitrogens is 2. The Labute approximate surface area is 159 Å². The minimum absolute atomic E-state index is 0.578. The summed E-state index contributed by atoms with van der Waals surface area (Å²) in [4.78, 5) is 8.78. The third-order valence-corrected chi connectivity index (χ3v) is 4.12. The molecular weight excluding hydrogens is 340 g/mol. The molecule has 0 unspecified atom stereocenters. The van der Waals surface area contributed by atoms with Crippen molar-refractivity contribution in [1.82, 2.24) is 9.97 Å². The third kappa shape index (κ3) is 5.34. The van der Waals surface area contributed by atoms with E-state index in [1.54, 1.807) is 20.4 Å². The van der Waals surface area contributed by atoms with E-state index >= 15 is 0 Å². The molecule has 6 heteroatoms. The Morgan fingerprint density at radius 1 is 0.852 bits per heavy atom. The van der Waals surface area contributed by atoms with Crippen LogP contribution in [0.25, 0.3) is 0 Å². The summed E-state index contributed by atoms with van der Waals surface area (Å²) >= 11 is 0. The van der Waals surface area contributed by atoms with Gasteiger partial charge in [0.1, 0.15) is 5.82 Å². The van der Waals surface area contributed by atoms with Crippen LogP contribution in [0.15, 0.2) is 60.8 Å². The third-order valence-electron chi connectivity index (χ3n) is 4.12. The number of rotatable bonds is 9. The van der Waals surface area contributed by atoms with Gasteiger partial charge in [-0.1, -0.05) is 36.4 Å². The highest BCUT2D eigenvalue weighted by Gasteiger charge is 2.05. The molecule has 0 aliphatic carbocycles. The van der Waals surface area contributed by atoms with E-state index in [4.69, 9.17) is 9.47 Å². The van der Waals surface area contributed by atoms with E-state index in [0.29, 0.717) is 24.0 Å². The van der Waals surface area contributed by atoms with E-state index in [2.05, 4.69) is 44.9 Å². The maximum Gasteiger partial charge on any atom is 0.224 e. The van der Waals surface area contributed by atoms with Crippen LogP contribution in [0, 0.1) is 0 Å². The highest BCUT2D eigenvalue weighted by Crippen LogP contribution is 2.27. The maximum atomic E-state index is 5.33. The Kier molecular flexibility index (Phi) is 6.46. The summed E-state index contributed by atoms with van der Waals surface area (Å²) < 4.78 is 10.6. The molecule has 2 aromatic carbocycles. The topological polar surface area (TPSA) is 68.3 Å². The molecule has 27 heavy (non-hydrogen) atoms. The molecular formula is C21H24N4O2. The van der Waals surface area contributed by atoms with E-state index in [0.717, 1.165) is 24.3 Å². The van der Waals surface area contributed by atoms with Crippen LogP contribution >= 0.6 is 0 Å². The molecule has 0 amide bonds. The second kappa shape index (κ2) is 9.43. The average molecular weight is 364 g/mol. The monoisotopic (exact) mass is 364 g/mol.